The topological polar surface area (TPSA) is 64.3 Å². The summed E-state index contributed by atoms with van der Waals surface area (Å²) in [6.07, 6.45) is 2.60. The van der Waals surface area contributed by atoms with Gasteiger partial charge >= 0.3 is 0 Å². The second-order valence-corrected chi connectivity index (χ2v) is 4.01. The molecule has 0 spiro atoms. The lowest BCUT2D eigenvalue weighted by molar-refractivity contribution is 0.399. The summed E-state index contributed by atoms with van der Waals surface area (Å²) in [6.45, 7) is 5.29. The number of nitrogens with two attached hydrogens (primary N) is 1. The summed E-state index contributed by atoms with van der Waals surface area (Å²) in [5.41, 5.74) is 6.42. The second-order valence-electron chi connectivity index (χ2n) is 4.01. The first-order valence-corrected chi connectivity index (χ1v) is 5.45. The normalized spacial score (nSPS) is 12.2. The van der Waals surface area contributed by atoms with Crippen molar-refractivity contribution in [2.75, 3.05) is 31.3 Å². The van der Waals surface area contributed by atoms with Crippen LogP contribution in [0.2, 0.25) is 0 Å². The number of hydrogen-bond donors (Lipinski definition) is 1. The zero-order chi connectivity index (χ0) is 12.1. The Hall–Kier alpha value is -1.52. The molecule has 0 saturated carbocycles. The van der Waals surface area contributed by atoms with E-state index in [0.29, 0.717) is 17.5 Å². The molecule has 1 rings (SSSR count). The van der Waals surface area contributed by atoms with E-state index in [-0.39, 0.29) is 0 Å². The van der Waals surface area contributed by atoms with Gasteiger partial charge in [-0.25, -0.2) is 4.98 Å². The summed E-state index contributed by atoms with van der Waals surface area (Å²) in [5.74, 6) is 1.76. The lowest BCUT2D eigenvalue weighted by Crippen LogP contribution is -2.25. The van der Waals surface area contributed by atoms with E-state index < -0.39 is 0 Å². The van der Waals surface area contributed by atoms with Gasteiger partial charge in [-0.15, -0.1) is 0 Å². The Balaban J connectivity index is 2.86. The molecule has 0 aliphatic heterocycles. The van der Waals surface area contributed by atoms with Crippen molar-refractivity contribution in [3.8, 4) is 5.88 Å². The molecule has 0 radical (unpaired) electrons. The maximum absolute atomic E-state index is 5.92. The molecule has 0 bridgehead atoms. The van der Waals surface area contributed by atoms with E-state index in [1.165, 1.54) is 6.33 Å². The Morgan fingerprint density at radius 1 is 1.50 bits per heavy atom. The summed E-state index contributed by atoms with van der Waals surface area (Å²) >= 11 is 0. The third-order valence-corrected chi connectivity index (χ3v) is 2.66. The lowest BCUT2D eigenvalue weighted by atomic mass is 10.1. The van der Waals surface area contributed by atoms with Gasteiger partial charge in [0, 0.05) is 13.6 Å². The van der Waals surface area contributed by atoms with Gasteiger partial charge < -0.3 is 15.4 Å². The van der Waals surface area contributed by atoms with Crippen LogP contribution in [0.5, 0.6) is 5.88 Å². The number of aromatic nitrogens is 2. The van der Waals surface area contributed by atoms with E-state index in [1.807, 2.05) is 11.9 Å². The second kappa shape index (κ2) is 5.53. The van der Waals surface area contributed by atoms with Gasteiger partial charge in [0.05, 0.1) is 7.11 Å². The Kier molecular flexibility index (Phi) is 4.34. The molecular formula is C11H20N4O. The van der Waals surface area contributed by atoms with Crippen molar-refractivity contribution in [3.05, 3.63) is 6.33 Å². The molecule has 0 amide bonds. The van der Waals surface area contributed by atoms with Crippen LogP contribution in [-0.4, -0.2) is 30.7 Å². The van der Waals surface area contributed by atoms with Crippen LogP contribution >= 0.6 is 0 Å². The molecule has 5 nitrogen and oxygen atoms in total. The highest BCUT2D eigenvalue weighted by Gasteiger charge is 2.13. The molecule has 0 aromatic carbocycles. The molecule has 0 fully saturated rings. The van der Waals surface area contributed by atoms with E-state index in [4.69, 9.17) is 10.5 Å². The Morgan fingerprint density at radius 3 is 2.75 bits per heavy atom. The fraction of sp³-hybridized carbons (Fsp3) is 0.636. The Labute approximate surface area is 96.6 Å². The minimum absolute atomic E-state index is 0.431. The van der Waals surface area contributed by atoms with Crippen LogP contribution in [0.3, 0.4) is 0 Å². The SMILES string of the molecule is CCC(C)CN(C)c1ncnc(OC)c1N. The number of nitrogen functional groups attached to an aromatic ring is 1. The van der Waals surface area contributed by atoms with Crippen molar-refractivity contribution in [1.82, 2.24) is 9.97 Å². The number of rotatable bonds is 5. The van der Waals surface area contributed by atoms with Gasteiger partial charge in [0.1, 0.15) is 12.0 Å². The molecule has 16 heavy (non-hydrogen) atoms. The van der Waals surface area contributed by atoms with Crippen LogP contribution in [0.4, 0.5) is 11.5 Å². The molecule has 1 heterocycles. The van der Waals surface area contributed by atoms with Crippen molar-refractivity contribution in [1.29, 1.82) is 0 Å². The van der Waals surface area contributed by atoms with E-state index in [0.717, 1.165) is 18.8 Å². The van der Waals surface area contributed by atoms with Crippen molar-refractivity contribution >= 4 is 11.5 Å². The third-order valence-electron chi connectivity index (χ3n) is 2.66. The molecule has 1 unspecified atom stereocenters. The van der Waals surface area contributed by atoms with Crippen molar-refractivity contribution in [3.63, 3.8) is 0 Å². The monoisotopic (exact) mass is 224 g/mol. The van der Waals surface area contributed by atoms with E-state index in [1.54, 1.807) is 7.11 Å². The lowest BCUT2D eigenvalue weighted by Gasteiger charge is -2.23. The first kappa shape index (κ1) is 12.5. The Bertz CT molecular complexity index is 343. The maximum atomic E-state index is 5.92. The fourth-order valence-corrected chi connectivity index (χ4v) is 1.52. The van der Waals surface area contributed by atoms with Gasteiger partial charge in [-0.3, -0.25) is 0 Å². The predicted molar refractivity (Wildman–Crippen MR) is 65.7 cm³/mol. The van der Waals surface area contributed by atoms with E-state index in [2.05, 4.69) is 23.8 Å². The average molecular weight is 224 g/mol. The zero-order valence-corrected chi connectivity index (χ0v) is 10.4. The van der Waals surface area contributed by atoms with Crippen molar-refractivity contribution < 1.29 is 4.74 Å². The summed E-state index contributed by atoms with van der Waals surface area (Å²) in [6, 6.07) is 0. The van der Waals surface area contributed by atoms with Gasteiger partial charge in [0.25, 0.3) is 0 Å². The number of hydrogen-bond acceptors (Lipinski definition) is 5. The largest absolute Gasteiger partial charge is 0.479 e. The highest BCUT2D eigenvalue weighted by atomic mass is 16.5. The summed E-state index contributed by atoms with van der Waals surface area (Å²) < 4.78 is 5.06. The standard InChI is InChI=1S/C11H20N4O/c1-5-8(2)6-15(3)10-9(12)11(16-4)14-7-13-10/h7-8H,5-6,12H2,1-4H3. The number of methoxy groups -OCH3 is 1. The van der Waals surface area contributed by atoms with Gasteiger partial charge in [0.2, 0.25) is 5.88 Å². The quantitative estimate of drug-likeness (QED) is 0.822. The van der Waals surface area contributed by atoms with Crippen LogP contribution < -0.4 is 15.4 Å². The van der Waals surface area contributed by atoms with Crippen LogP contribution in [0.1, 0.15) is 20.3 Å². The molecule has 0 saturated heterocycles. The highest BCUT2D eigenvalue weighted by Crippen LogP contribution is 2.27. The third kappa shape index (κ3) is 2.74. The van der Waals surface area contributed by atoms with Gasteiger partial charge in [0.15, 0.2) is 5.82 Å². The molecule has 1 aromatic rings. The Morgan fingerprint density at radius 2 is 2.19 bits per heavy atom. The average Bonchev–Trinajstić information content (AvgIpc) is 2.29. The first-order chi connectivity index (χ1) is 7.60. The van der Waals surface area contributed by atoms with Gasteiger partial charge in [-0.05, 0) is 5.92 Å². The van der Waals surface area contributed by atoms with Crippen molar-refractivity contribution in [2.24, 2.45) is 5.92 Å². The minimum Gasteiger partial charge on any atom is -0.479 e. The summed E-state index contributed by atoms with van der Waals surface area (Å²) in [7, 11) is 3.53. The summed E-state index contributed by atoms with van der Waals surface area (Å²) in [4.78, 5) is 10.2. The summed E-state index contributed by atoms with van der Waals surface area (Å²) in [5, 5.41) is 0. The first-order valence-electron chi connectivity index (χ1n) is 5.45. The molecule has 5 heteroatoms. The molecule has 0 aliphatic rings. The molecule has 1 aromatic heterocycles. The number of ether oxygens (including phenoxy) is 1. The minimum atomic E-state index is 0.431. The molecular weight excluding hydrogens is 204 g/mol. The number of nitrogens with zero attached hydrogens (tertiary/aromatic N) is 3. The maximum Gasteiger partial charge on any atom is 0.242 e. The number of anilines is 2. The van der Waals surface area contributed by atoms with Crippen LogP contribution in [-0.2, 0) is 0 Å². The smallest absolute Gasteiger partial charge is 0.242 e. The van der Waals surface area contributed by atoms with Crippen LogP contribution in [0.25, 0.3) is 0 Å². The molecule has 0 aliphatic carbocycles. The van der Waals surface area contributed by atoms with E-state index >= 15 is 0 Å². The van der Waals surface area contributed by atoms with Crippen LogP contribution in [0.15, 0.2) is 6.33 Å². The van der Waals surface area contributed by atoms with Crippen LogP contribution in [0, 0.1) is 5.92 Å². The highest BCUT2D eigenvalue weighted by molar-refractivity contribution is 5.67. The van der Waals surface area contributed by atoms with Gasteiger partial charge in [-0.1, -0.05) is 20.3 Å². The fourth-order valence-electron chi connectivity index (χ4n) is 1.52. The van der Waals surface area contributed by atoms with E-state index in [9.17, 15) is 0 Å². The predicted octanol–water partition coefficient (Wildman–Crippen LogP) is 1.55. The van der Waals surface area contributed by atoms with Crippen molar-refractivity contribution in [2.45, 2.75) is 20.3 Å². The van der Waals surface area contributed by atoms with Gasteiger partial charge in [-0.2, -0.15) is 4.98 Å². The molecule has 2 N–H and O–H groups in total. The molecule has 90 valence electrons. The molecule has 1 atom stereocenters. The zero-order valence-electron chi connectivity index (χ0n) is 10.4.